The quantitative estimate of drug-likeness (QED) is 0.515. The van der Waals surface area contributed by atoms with Gasteiger partial charge in [-0.25, -0.2) is 0 Å². The van der Waals surface area contributed by atoms with Crippen LogP contribution in [0.3, 0.4) is 0 Å². The van der Waals surface area contributed by atoms with Gasteiger partial charge in [-0.2, -0.15) is 0 Å². The molecule has 110 valence electrons. The molecule has 0 bridgehead atoms. The van der Waals surface area contributed by atoms with Crippen LogP contribution < -0.4 is 5.19 Å². The predicted molar refractivity (Wildman–Crippen MR) is 99.5 cm³/mol. The van der Waals surface area contributed by atoms with Crippen molar-refractivity contribution in [2.75, 3.05) is 0 Å². The van der Waals surface area contributed by atoms with Crippen LogP contribution in [0.15, 0.2) is 84.9 Å². The Morgan fingerprint density at radius 2 is 1.18 bits per heavy atom. The van der Waals surface area contributed by atoms with E-state index in [0.29, 0.717) is 0 Å². The summed E-state index contributed by atoms with van der Waals surface area (Å²) in [7, 11) is 0.199. The maximum absolute atomic E-state index is 5.67. The molecule has 0 heterocycles. The van der Waals surface area contributed by atoms with Gasteiger partial charge in [-0.1, -0.05) is 84.9 Å². The molecule has 3 aromatic carbocycles. The van der Waals surface area contributed by atoms with Gasteiger partial charge in [0.05, 0.1) is 0 Å². The van der Waals surface area contributed by atoms with Crippen LogP contribution >= 0.6 is 0 Å². The van der Waals surface area contributed by atoms with Gasteiger partial charge < -0.3 is 4.12 Å². The Labute approximate surface area is 137 Å². The van der Waals surface area contributed by atoms with E-state index in [-0.39, 0.29) is 5.92 Å². The Morgan fingerprint density at radius 3 is 1.73 bits per heavy atom. The maximum atomic E-state index is 5.67. The Morgan fingerprint density at radius 1 is 0.682 bits per heavy atom. The van der Waals surface area contributed by atoms with Crippen LogP contribution in [-0.4, -0.2) is 20.2 Å². The fourth-order valence-corrected chi connectivity index (χ4v) is 4.91. The smallest absolute Gasteiger partial charge is 0.178 e. The van der Waals surface area contributed by atoms with Crippen molar-refractivity contribution >= 4 is 25.4 Å². The van der Waals surface area contributed by atoms with Crippen LogP contribution in [0.4, 0.5) is 0 Å². The number of benzene rings is 3. The van der Waals surface area contributed by atoms with Gasteiger partial charge >= 0.3 is 0 Å². The van der Waals surface area contributed by atoms with Crippen molar-refractivity contribution in [3.8, 4) is 0 Å². The molecule has 3 aromatic rings. The van der Waals surface area contributed by atoms with Gasteiger partial charge in [-0.3, -0.25) is 0 Å². The number of rotatable bonds is 5. The molecule has 0 saturated heterocycles. The third-order valence-electron chi connectivity index (χ3n) is 3.93. The van der Waals surface area contributed by atoms with Gasteiger partial charge in [0.1, 0.15) is 10.5 Å². The highest BCUT2D eigenvalue weighted by Gasteiger charge is 2.19. The van der Waals surface area contributed by atoms with E-state index in [0.717, 1.165) is 10.5 Å². The molecule has 0 spiro atoms. The first-order valence-electron chi connectivity index (χ1n) is 7.57. The lowest BCUT2D eigenvalue weighted by molar-refractivity contribution is 0.676. The molecular formula is C19H20OSi2. The van der Waals surface area contributed by atoms with Gasteiger partial charge in [0, 0.05) is 5.92 Å². The molecule has 0 radical (unpaired) electrons. The molecule has 0 aliphatic heterocycles. The summed E-state index contributed by atoms with van der Waals surface area (Å²) >= 11 is 0. The van der Waals surface area contributed by atoms with E-state index in [9.17, 15) is 0 Å². The molecule has 0 aromatic heterocycles. The van der Waals surface area contributed by atoms with E-state index in [1.54, 1.807) is 0 Å². The number of hydrogen-bond donors (Lipinski definition) is 0. The Bertz CT molecular complexity index is 674. The second-order valence-electron chi connectivity index (χ2n) is 5.39. The summed E-state index contributed by atoms with van der Waals surface area (Å²) in [6.45, 7) is 0. The maximum Gasteiger partial charge on any atom is 0.178 e. The summed E-state index contributed by atoms with van der Waals surface area (Å²) < 4.78 is 5.67. The summed E-state index contributed by atoms with van der Waals surface area (Å²) in [6.07, 6.45) is 0. The normalized spacial score (nSPS) is 11.5. The van der Waals surface area contributed by atoms with Gasteiger partial charge in [-0.05, 0) is 21.9 Å². The molecule has 0 N–H and O–H groups in total. The van der Waals surface area contributed by atoms with Crippen molar-refractivity contribution < 1.29 is 4.12 Å². The first-order chi connectivity index (χ1) is 10.9. The molecule has 0 unspecified atom stereocenters. The van der Waals surface area contributed by atoms with Gasteiger partial charge in [0.15, 0.2) is 9.76 Å². The molecule has 0 aliphatic rings. The topological polar surface area (TPSA) is 9.23 Å². The Balaban J connectivity index is 2.15. The Hall–Kier alpha value is -1.95. The van der Waals surface area contributed by atoms with Crippen LogP contribution in [0, 0.1) is 0 Å². The van der Waals surface area contributed by atoms with Crippen molar-refractivity contribution in [2.45, 2.75) is 5.92 Å². The van der Waals surface area contributed by atoms with Gasteiger partial charge in [-0.15, -0.1) is 0 Å². The molecule has 0 saturated carbocycles. The van der Waals surface area contributed by atoms with Crippen molar-refractivity contribution in [2.24, 2.45) is 0 Å². The molecule has 0 amide bonds. The fraction of sp³-hybridized carbons (Fsp3) is 0.0526. The van der Waals surface area contributed by atoms with Gasteiger partial charge in [0.2, 0.25) is 0 Å². The monoisotopic (exact) mass is 320 g/mol. The summed E-state index contributed by atoms with van der Waals surface area (Å²) in [6, 6.07) is 30.3. The van der Waals surface area contributed by atoms with Crippen molar-refractivity contribution in [1.29, 1.82) is 0 Å². The molecule has 22 heavy (non-hydrogen) atoms. The molecule has 0 atom stereocenters. The summed E-state index contributed by atoms with van der Waals surface area (Å²) in [5.41, 5.74) is 4.06. The zero-order valence-corrected chi connectivity index (χ0v) is 16.2. The van der Waals surface area contributed by atoms with E-state index in [2.05, 4.69) is 84.9 Å². The highest BCUT2D eigenvalue weighted by molar-refractivity contribution is 6.51. The lowest BCUT2D eigenvalue weighted by atomic mass is 9.85. The standard InChI is InChI=1S/C19H20OSi2/c21-20-22-18-14-8-7-13-17(18)19(15-9-3-1-4-10-15)16-11-5-2-6-12-16/h1-14,19H,22H2,21H3. The minimum Gasteiger partial charge on any atom is -0.465 e. The van der Waals surface area contributed by atoms with E-state index in [1.807, 2.05) is 0 Å². The first kappa shape index (κ1) is 15.0. The minimum absolute atomic E-state index is 0.280. The zero-order valence-electron chi connectivity index (χ0n) is 12.8. The summed E-state index contributed by atoms with van der Waals surface area (Å²) in [5, 5.41) is 1.41. The molecule has 3 rings (SSSR count). The van der Waals surface area contributed by atoms with E-state index in [4.69, 9.17) is 4.12 Å². The van der Waals surface area contributed by atoms with Crippen LogP contribution in [0.2, 0.25) is 0 Å². The lowest BCUT2D eigenvalue weighted by Crippen LogP contribution is -2.24. The van der Waals surface area contributed by atoms with E-state index >= 15 is 0 Å². The Kier molecular flexibility index (Phi) is 5.01. The average Bonchev–Trinajstić information content (AvgIpc) is 2.59. The molecular weight excluding hydrogens is 300 g/mol. The fourth-order valence-electron chi connectivity index (χ4n) is 2.95. The van der Waals surface area contributed by atoms with Crippen LogP contribution in [0.25, 0.3) is 0 Å². The lowest BCUT2D eigenvalue weighted by Gasteiger charge is -2.21. The molecule has 0 aliphatic carbocycles. The highest BCUT2D eigenvalue weighted by atomic mass is 28.3. The number of hydrogen-bond acceptors (Lipinski definition) is 1. The third kappa shape index (κ3) is 3.27. The zero-order chi connectivity index (χ0) is 15.2. The van der Waals surface area contributed by atoms with E-state index < -0.39 is 9.76 Å². The van der Waals surface area contributed by atoms with Gasteiger partial charge in [0.25, 0.3) is 0 Å². The van der Waals surface area contributed by atoms with Crippen molar-refractivity contribution in [1.82, 2.24) is 0 Å². The first-order valence-corrected chi connectivity index (χ1v) is 9.67. The third-order valence-corrected chi connectivity index (χ3v) is 6.04. The van der Waals surface area contributed by atoms with Crippen molar-refractivity contribution in [3.05, 3.63) is 102 Å². The molecule has 3 heteroatoms. The molecule has 1 nitrogen and oxygen atoms in total. The van der Waals surface area contributed by atoms with Crippen LogP contribution in [0.5, 0.6) is 0 Å². The molecule has 0 fully saturated rings. The summed E-state index contributed by atoms with van der Waals surface area (Å²) in [5.74, 6) is 0.280. The average molecular weight is 321 g/mol. The second kappa shape index (κ2) is 7.36. The van der Waals surface area contributed by atoms with E-state index in [1.165, 1.54) is 21.9 Å². The second-order valence-corrected chi connectivity index (χ2v) is 8.75. The SMILES string of the molecule is [SiH3]O[SiH2]c1ccccc1C(c1ccccc1)c1ccccc1. The van der Waals surface area contributed by atoms with Crippen molar-refractivity contribution in [3.63, 3.8) is 0 Å². The minimum atomic E-state index is -0.621. The predicted octanol–water partition coefficient (Wildman–Crippen LogP) is 1.87. The largest absolute Gasteiger partial charge is 0.465 e. The van der Waals surface area contributed by atoms with Crippen LogP contribution in [0.1, 0.15) is 22.6 Å². The summed E-state index contributed by atoms with van der Waals surface area (Å²) in [4.78, 5) is 0. The highest BCUT2D eigenvalue weighted by Crippen LogP contribution is 2.30. The van der Waals surface area contributed by atoms with Crippen LogP contribution in [-0.2, 0) is 4.12 Å².